The van der Waals surface area contributed by atoms with E-state index in [1.54, 1.807) is 35.2 Å². The zero-order valence-electron chi connectivity index (χ0n) is 16.9. The lowest BCUT2D eigenvalue weighted by atomic mass is 10.1. The number of rotatable bonds is 4. The molecule has 0 saturated carbocycles. The van der Waals surface area contributed by atoms with E-state index in [9.17, 15) is 13.2 Å². The SMILES string of the molecule is Cc1ccc(S(=O)(=O)N2CCCN(C(=O)c3cccc(-n4cccc4)c3)CC2)cc1. The van der Waals surface area contributed by atoms with Crippen LogP contribution in [0.2, 0.25) is 0 Å². The summed E-state index contributed by atoms with van der Waals surface area (Å²) < 4.78 is 29.4. The highest BCUT2D eigenvalue weighted by Crippen LogP contribution is 2.20. The number of hydrogen-bond donors (Lipinski definition) is 0. The van der Waals surface area contributed by atoms with Gasteiger partial charge in [0.05, 0.1) is 4.90 Å². The highest BCUT2D eigenvalue weighted by Gasteiger charge is 2.28. The van der Waals surface area contributed by atoms with Crippen molar-refractivity contribution in [3.8, 4) is 5.69 Å². The van der Waals surface area contributed by atoms with Gasteiger partial charge in [-0.15, -0.1) is 0 Å². The average molecular weight is 424 g/mol. The second-order valence-electron chi connectivity index (χ2n) is 7.50. The van der Waals surface area contributed by atoms with E-state index >= 15 is 0 Å². The third-order valence-corrected chi connectivity index (χ3v) is 7.31. The molecule has 2 heterocycles. The number of hydrogen-bond acceptors (Lipinski definition) is 3. The van der Waals surface area contributed by atoms with Crippen molar-refractivity contribution in [2.45, 2.75) is 18.2 Å². The minimum atomic E-state index is -3.56. The summed E-state index contributed by atoms with van der Waals surface area (Å²) in [6, 6.07) is 18.3. The summed E-state index contributed by atoms with van der Waals surface area (Å²) in [5.41, 5.74) is 2.55. The maximum atomic E-state index is 13.1. The zero-order chi connectivity index (χ0) is 21.1. The van der Waals surface area contributed by atoms with Crippen molar-refractivity contribution in [2.75, 3.05) is 26.2 Å². The monoisotopic (exact) mass is 423 g/mol. The van der Waals surface area contributed by atoms with Gasteiger partial charge in [-0.1, -0.05) is 23.8 Å². The fourth-order valence-corrected chi connectivity index (χ4v) is 5.15. The molecule has 1 saturated heterocycles. The fraction of sp³-hybridized carbons (Fsp3) is 0.261. The molecule has 2 aromatic carbocycles. The van der Waals surface area contributed by atoms with Crippen molar-refractivity contribution in [3.05, 3.63) is 84.2 Å². The van der Waals surface area contributed by atoms with E-state index in [-0.39, 0.29) is 5.91 Å². The van der Waals surface area contributed by atoms with Crippen LogP contribution in [0.4, 0.5) is 0 Å². The maximum absolute atomic E-state index is 13.1. The number of benzene rings is 2. The van der Waals surface area contributed by atoms with Crippen LogP contribution in [0.3, 0.4) is 0 Å². The van der Waals surface area contributed by atoms with E-state index in [4.69, 9.17) is 0 Å². The number of carbonyl (C=O) groups excluding carboxylic acids is 1. The number of aryl methyl sites for hydroxylation is 1. The molecular weight excluding hydrogens is 398 g/mol. The van der Waals surface area contributed by atoms with Crippen molar-refractivity contribution in [2.24, 2.45) is 0 Å². The molecule has 7 heteroatoms. The third kappa shape index (κ3) is 4.17. The van der Waals surface area contributed by atoms with Gasteiger partial charge < -0.3 is 9.47 Å². The predicted molar refractivity (Wildman–Crippen MR) is 116 cm³/mol. The molecule has 3 aromatic rings. The molecule has 0 unspecified atom stereocenters. The van der Waals surface area contributed by atoms with E-state index in [0.717, 1.165) is 11.3 Å². The minimum Gasteiger partial charge on any atom is -0.337 e. The van der Waals surface area contributed by atoms with Crippen molar-refractivity contribution in [3.63, 3.8) is 0 Å². The molecule has 0 spiro atoms. The number of aromatic nitrogens is 1. The molecule has 0 bridgehead atoms. The predicted octanol–water partition coefficient (Wildman–Crippen LogP) is 3.32. The normalized spacial score (nSPS) is 15.7. The van der Waals surface area contributed by atoms with Crippen molar-refractivity contribution >= 4 is 15.9 Å². The summed E-state index contributed by atoms with van der Waals surface area (Å²) in [6.07, 6.45) is 4.47. The van der Waals surface area contributed by atoms with Gasteiger partial charge in [0.2, 0.25) is 10.0 Å². The van der Waals surface area contributed by atoms with Crippen molar-refractivity contribution in [1.29, 1.82) is 0 Å². The second-order valence-corrected chi connectivity index (χ2v) is 9.44. The zero-order valence-corrected chi connectivity index (χ0v) is 17.8. The van der Waals surface area contributed by atoms with Crippen LogP contribution in [0, 0.1) is 6.92 Å². The minimum absolute atomic E-state index is 0.0708. The Kier molecular flexibility index (Phi) is 5.74. The van der Waals surface area contributed by atoms with E-state index < -0.39 is 10.0 Å². The lowest BCUT2D eigenvalue weighted by Gasteiger charge is -2.22. The van der Waals surface area contributed by atoms with Crippen molar-refractivity contribution < 1.29 is 13.2 Å². The largest absolute Gasteiger partial charge is 0.337 e. The first-order valence-electron chi connectivity index (χ1n) is 10.0. The average Bonchev–Trinajstić information content (AvgIpc) is 3.18. The van der Waals surface area contributed by atoms with Crippen LogP contribution in [0.25, 0.3) is 5.69 Å². The van der Waals surface area contributed by atoms with Crippen LogP contribution < -0.4 is 0 Å². The van der Waals surface area contributed by atoms with E-state index in [1.165, 1.54) is 4.31 Å². The molecule has 1 aromatic heterocycles. The Labute approximate surface area is 177 Å². The van der Waals surface area contributed by atoms with Gasteiger partial charge in [-0.2, -0.15) is 4.31 Å². The topological polar surface area (TPSA) is 62.6 Å². The van der Waals surface area contributed by atoms with Crippen molar-refractivity contribution in [1.82, 2.24) is 13.8 Å². The highest BCUT2D eigenvalue weighted by molar-refractivity contribution is 7.89. The lowest BCUT2D eigenvalue weighted by molar-refractivity contribution is 0.0764. The van der Waals surface area contributed by atoms with E-state index in [2.05, 4.69) is 0 Å². The standard InChI is InChI=1S/C23H25N3O3S/c1-19-8-10-22(11-9-19)30(28,29)26-15-5-14-25(16-17-26)23(27)20-6-4-7-21(18-20)24-12-2-3-13-24/h2-4,6-13,18H,5,14-17H2,1H3. The molecular formula is C23H25N3O3S. The Bertz CT molecular complexity index is 1120. The fourth-order valence-electron chi connectivity index (χ4n) is 3.69. The Balaban J connectivity index is 1.48. The first-order chi connectivity index (χ1) is 14.4. The van der Waals surface area contributed by atoms with Crippen LogP contribution in [0.5, 0.6) is 0 Å². The van der Waals surface area contributed by atoms with Crippen LogP contribution in [-0.2, 0) is 10.0 Å². The molecule has 4 rings (SSSR count). The number of sulfonamides is 1. The molecule has 156 valence electrons. The molecule has 1 aliphatic rings. The molecule has 6 nitrogen and oxygen atoms in total. The van der Waals surface area contributed by atoms with Gasteiger partial charge in [0.1, 0.15) is 0 Å². The molecule has 30 heavy (non-hydrogen) atoms. The Hall–Kier alpha value is -2.90. The summed E-state index contributed by atoms with van der Waals surface area (Å²) in [4.78, 5) is 15.1. The first-order valence-corrected chi connectivity index (χ1v) is 11.5. The van der Waals surface area contributed by atoms with Crippen LogP contribution in [-0.4, -0.2) is 54.3 Å². The molecule has 0 atom stereocenters. The Morgan fingerprint density at radius 2 is 1.60 bits per heavy atom. The molecule has 1 amide bonds. The summed E-state index contributed by atoms with van der Waals surface area (Å²) in [6.45, 7) is 3.53. The van der Waals surface area contributed by atoms with Gasteiger partial charge in [0.15, 0.2) is 0 Å². The summed E-state index contributed by atoms with van der Waals surface area (Å²) >= 11 is 0. The smallest absolute Gasteiger partial charge is 0.253 e. The van der Waals surface area contributed by atoms with Gasteiger partial charge in [0.25, 0.3) is 5.91 Å². The van der Waals surface area contributed by atoms with E-state index in [0.29, 0.717) is 43.1 Å². The lowest BCUT2D eigenvalue weighted by Crippen LogP contribution is -2.37. The number of carbonyl (C=O) groups is 1. The molecule has 1 fully saturated rings. The van der Waals surface area contributed by atoms with Gasteiger partial charge >= 0.3 is 0 Å². The summed E-state index contributed by atoms with van der Waals surface area (Å²) in [7, 11) is -3.56. The summed E-state index contributed by atoms with van der Waals surface area (Å²) in [5.74, 6) is -0.0708. The number of nitrogens with zero attached hydrogens (tertiary/aromatic N) is 3. The van der Waals surface area contributed by atoms with Gasteiger partial charge in [0, 0.05) is 49.8 Å². The van der Waals surface area contributed by atoms with Crippen LogP contribution in [0.15, 0.2) is 78.0 Å². The Morgan fingerprint density at radius 1 is 0.867 bits per heavy atom. The maximum Gasteiger partial charge on any atom is 0.253 e. The second kappa shape index (κ2) is 8.45. The quantitative estimate of drug-likeness (QED) is 0.647. The molecule has 0 N–H and O–H groups in total. The van der Waals surface area contributed by atoms with E-state index in [1.807, 2.05) is 54.2 Å². The van der Waals surface area contributed by atoms with Crippen LogP contribution >= 0.6 is 0 Å². The molecule has 0 radical (unpaired) electrons. The van der Waals surface area contributed by atoms with Gasteiger partial charge in [-0.25, -0.2) is 8.42 Å². The Morgan fingerprint density at radius 3 is 2.33 bits per heavy atom. The third-order valence-electron chi connectivity index (χ3n) is 5.40. The molecule has 1 aliphatic heterocycles. The molecule has 0 aliphatic carbocycles. The van der Waals surface area contributed by atoms with Gasteiger partial charge in [-0.3, -0.25) is 4.79 Å². The van der Waals surface area contributed by atoms with Crippen LogP contribution in [0.1, 0.15) is 22.3 Å². The summed E-state index contributed by atoms with van der Waals surface area (Å²) in [5, 5.41) is 0. The number of amides is 1. The first kappa shape index (κ1) is 20.4. The van der Waals surface area contributed by atoms with Gasteiger partial charge in [-0.05, 0) is 55.8 Å². The highest BCUT2D eigenvalue weighted by atomic mass is 32.2.